The molecule has 1 aromatic carbocycles. The molecule has 0 aliphatic carbocycles. The second-order valence-corrected chi connectivity index (χ2v) is 5.01. The largest absolute Gasteiger partial charge is 0.309 e. The van der Waals surface area contributed by atoms with E-state index in [4.69, 9.17) is 0 Å². The van der Waals surface area contributed by atoms with Gasteiger partial charge in [-0.3, -0.25) is 4.98 Å². The van der Waals surface area contributed by atoms with Crippen molar-refractivity contribution >= 4 is 0 Å². The number of aromatic nitrogens is 1. The predicted molar refractivity (Wildman–Crippen MR) is 80.3 cm³/mol. The molecule has 0 aliphatic rings. The first-order valence-electron chi connectivity index (χ1n) is 6.92. The van der Waals surface area contributed by atoms with Gasteiger partial charge in [-0.1, -0.05) is 43.7 Å². The number of aryl methyl sites for hydroxylation is 2. The normalized spacial score (nSPS) is 12.4. The van der Waals surface area contributed by atoms with E-state index in [1.165, 1.54) is 28.7 Å². The summed E-state index contributed by atoms with van der Waals surface area (Å²) in [5, 5.41) is 3.39. The molecule has 0 aliphatic heterocycles. The van der Waals surface area contributed by atoms with E-state index in [1.807, 2.05) is 19.4 Å². The highest BCUT2D eigenvalue weighted by atomic mass is 14.9. The predicted octanol–water partition coefficient (Wildman–Crippen LogP) is 3.65. The van der Waals surface area contributed by atoms with Gasteiger partial charge in [0, 0.05) is 12.4 Å². The van der Waals surface area contributed by atoms with Gasteiger partial charge in [0.2, 0.25) is 0 Å². The number of rotatable bonds is 5. The lowest BCUT2D eigenvalue weighted by molar-refractivity contribution is 0.686. The molecule has 2 aromatic rings. The third-order valence-corrected chi connectivity index (χ3v) is 3.34. The zero-order valence-corrected chi connectivity index (χ0v) is 12.0. The number of pyridine rings is 1. The summed E-state index contributed by atoms with van der Waals surface area (Å²) in [7, 11) is 2.00. The van der Waals surface area contributed by atoms with Crippen LogP contribution in [0.5, 0.6) is 0 Å². The number of benzene rings is 1. The zero-order valence-electron chi connectivity index (χ0n) is 12.0. The topological polar surface area (TPSA) is 24.9 Å². The Morgan fingerprint density at radius 2 is 2.00 bits per heavy atom. The van der Waals surface area contributed by atoms with E-state index in [2.05, 4.69) is 54.5 Å². The van der Waals surface area contributed by atoms with E-state index >= 15 is 0 Å². The van der Waals surface area contributed by atoms with E-state index in [9.17, 15) is 0 Å². The standard InChI is InChI=1S/C17H22N2/c1-4-6-14-7-5-8-15(10-14)17(18-3)16-9-13(2)11-19-12-16/h5,7-12,17-18H,4,6H2,1-3H3. The molecule has 1 heterocycles. The van der Waals surface area contributed by atoms with E-state index in [0.717, 1.165) is 6.42 Å². The van der Waals surface area contributed by atoms with Crippen LogP contribution in [-0.4, -0.2) is 12.0 Å². The quantitative estimate of drug-likeness (QED) is 0.881. The third-order valence-electron chi connectivity index (χ3n) is 3.34. The van der Waals surface area contributed by atoms with Crippen molar-refractivity contribution in [3.63, 3.8) is 0 Å². The summed E-state index contributed by atoms with van der Waals surface area (Å²) < 4.78 is 0. The maximum Gasteiger partial charge on any atom is 0.0589 e. The maximum absolute atomic E-state index is 4.30. The molecule has 0 fully saturated rings. The van der Waals surface area contributed by atoms with Crippen LogP contribution in [0.25, 0.3) is 0 Å². The van der Waals surface area contributed by atoms with Crippen LogP contribution in [0.15, 0.2) is 42.7 Å². The second kappa shape index (κ2) is 6.48. The fourth-order valence-electron chi connectivity index (χ4n) is 2.48. The van der Waals surface area contributed by atoms with Crippen LogP contribution in [0.2, 0.25) is 0 Å². The van der Waals surface area contributed by atoms with Crippen LogP contribution < -0.4 is 5.32 Å². The van der Waals surface area contributed by atoms with Crippen LogP contribution in [0.4, 0.5) is 0 Å². The van der Waals surface area contributed by atoms with Crippen molar-refractivity contribution < 1.29 is 0 Å². The Kier molecular flexibility index (Phi) is 4.69. The van der Waals surface area contributed by atoms with Gasteiger partial charge in [-0.25, -0.2) is 0 Å². The molecule has 1 atom stereocenters. The molecule has 0 saturated heterocycles. The Hall–Kier alpha value is -1.67. The number of nitrogens with one attached hydrogen (secondary N) is 1. The number of nitrogens with zero attached hydrogens (tertiary/aromatic N) is 1. The Balaban J connectivity index is 2.33. The Morgan fingerprint density at radius 1 is 1.16 bits per heavy atom. The monoisotopic (exact) mass is 254 g/mol. The van der Waals surface area contributed by atoms with Gasteiger partial charge in [-0.15, -0.1) is 0 Å². The lowest BCUT2D eigenvalue weighted by Crippen LogP contribution is -2.18. The summed E-state index contributed by atoms with van der Waals surface area (Å²) in [5.74, 6) is 0. The molecule has 100 valence electrons. The zero-order chi connectivity index (χ0) is 13.7. The Labute approximate surface area is 115 Å². The van der Waals surface area contributed by atoms with Gasteiger partial charge in [0.15, 0.2) is 0 Å². The summed E-state index contributed by atoms with van der Waals surface area (Å²) in [6.07, 6.45) is 6.15. The minimum absolute atomic E-state index is 0.212. The molecule has 0 amide bonds. The SMILES string of the molecule is CCCc1cccc(C(NC)c2cncc(C)c2)c1. The first-order valence-corrected chi connectivity index (χ1v) is 6.92. The fourth-order valence-corrected chi connectivity index (χ4v) is 2.48. The van der Waals surface area contributed by atoms with Gasteiger partial charge >= 0.3 is 0 Å². The maximum atomic E-state index is 4.30. The summed E-state index contributed by atoms with van der Waals surface area (Å²) in [6, 6.07) is 11.2. The highest BCUT2D eigenvalue weighted by molar-refractivity contribution is 5.34. The lowest BCUT2D eigenvalue weighted by atomic mass is 9.96. The van der Waals surface area contributed by atoms with Gasteiger partial charge in [0.1, 0.15) is 0 Å². The molecule has 2 nitrogen and oxygen atoms in total. The van der Waals surface area contributed by atoms with Crippen LogP contribution in [0, 0.1) is 6.92 Å². The average molecular weight is 254 g/mol. The first-order chi connectivity index (χ1) is 9.24. The molecule has 19 heavy (non-hydrogen) atoms. The molecule has 0 spiro atoms. The Morgan fingerprint density at radius 3 is 2.68 bits per heavy atom. The molecule has 1 unspecified atom stereocenters. The Bertz CT molecular complexity index is 534. The van der Waals surface area contributed by atoms with Crippen molar-refractivity contribution in [1.82, 2.24) is 10.3 Å². The average Bonchev–Trinajstić information content (AvgIpc) is 2.41. The minimum atomic E-state index is 0.212. The van der Waals surface area contributed by atoms with Crippen LogP contribution in [0.3, 0.4) is 0 Å². The van der Waals surface area contributed by atoms with Crippen molar-refractivity contribution in [1.29, 1.82) is 0 Å². The summed E-state index contributed by atoms with van der Waals surface area (Å²) in [6.45, 7) is 4.30. The van der Waals surface area contributed by atoms with Crippen LogP contribution >= 0.6 is 0 Å². The fraction of sp³-hybridized carbons (Fsp3) is 0.353. The molecule has 2 heteroatoms. The highest BCUT2D eigenvalue weighted by Crippen LogP contribution is 2.23. The van der Waals surface area contributed by atoms with Crippen molar-refractivity contribution in [2.45, 2.75) is 32.7 Å². The van der Waals surface area contributed by atoms with E-state index in [1.54, 1.807) is 0 Å². The van der Waals surface area contributed by atoms with Crippen LogP contribution in [-0.2, 0) is 6.42 Å². The van der Waals surface area contributed by atoms with Gasteiger partial charge in [-0.2, -0.15) is 0 Å². The minimum Gasteiger partial charge on any atom is -0.309 e. The molecule has 0 bridgehead atoms. The van der Waals surface area contributed by atoms with Crippen molar-refractivity contribution in [2.75, 3.05) is 7.05 Å². The van der Waals surface area contributed by atoms with Gasteiger partial charge in [0.25, 0.3) is 0 Å². The summed E-state index contributed by atoms with van der Waals surface area (Å²) in [5.41, 5.74) is 5.13. The molecule has 0 radical (unpaired) electrons. The van der Waals surface area contributed by atoms with Crippen LogP contribution in [0.1, 0.15) is 41.6 Å². The van der Waals surface area contributed by atoms with Crippen molar-refractivity contribution in [3.8, 4) is 0 Å². The molecule has 1 N–H and O–H groups in total. The smallest absolute Gasteiger partial charge is 0.0589 e. The van der Waals surface area contributed by atoms with Gasteiger partial charge in [-0.05, 0) is 42.6 Å². The lowest BCUT2D eigenvalue weighted by Gasteiger charge is -2.18. The molecule has 2 rings (SSSR count). The third kappa shape index (κ3) is 3.42. The van der Waals surface area contributed by atoms with Crippen molar-refractivity contribution in [2.24, 2.45) is 0 Å². The van der Waals surface area contributed by atoms with Gasteiger partial charge in [0.05, 0.1) is 6.04 Å². The molecular weight excluding hydrogens is 232 g/mol. The van der Waals surface area contributed by atoms with E-state index in [0.29, 0.717) is 0 Å². The van der Waals surface area contributed by atoms with Gasteiger partial charge < -0.3 is 5.32 Å². The first kappa shape index (κ1) is 13.8. The number of hydrogen-bond donors (Lipinski definition) is 1. The summed E-state index contributed by atoms with van der Waals surface area (Å²) in [4.78, 5) is 4.30. The van der Waals surface area contributed by atoms with E-state index in [-0.39, 0.29) is 6.04 Å². The second-order valence-electron chi connectivity index (χ2n) is 5.01. The highest BCUT2D eigenvalue weighted by Gasteiger charge is 2.12. The van der Waals surface area contributed by atoms with E-state index < -0.39 is 0 Å². The molecule has 1 aromatic heterocycles. The number of hydrogen-bond acceptors (Lipinski definition) is 2. The van der Waals surface area contributed by atoms with Crippen molar-refractivity contribution in [3.05, 3.63) is 65.0 Å². The molecule has 0 saturated carbocycles. The molecular formula is C17H22N2. The summed E-state index contributed by atoms with van der Waals surface area (Å²) >= 11 is 0.